The lowest BCUT2D eigenvalue weighted by molar-refractivity contribution is 0.0995. The second-order valence-electron chi connectivity index (χ2n) is 8.31. The molecule has 1 amide bonds. The van der Waals surface area contributed by atoms with Gasteiger partial charge in [0.2, 0.25) is 0 Å². The van der Waals surface area contributed by atoms with Crippen molar-refractivity contribution in [3.8, 4) is 22.9 Å². The number of anilines is 1. The van der Waals surface area contributed by atoms with Gasteiger partial charge >= 0.3 is 0 Å². The SMILES string of the molecule is CCOCCOc1ccn(-c2ccc(F)cc2)c(=O)c1C(=O)Nc1ccc(Oc2cccnc2CC=N)c(F)c1. The van der Waals surface area contributed by atoms with Crippen LogP contribution < -0.4 is 20.3 Å². The van der Waals surface area contributed by atoms with Gasteiger partial charge in [0, 0.05) is 49.1 Å². The number of ether oxygens (including phenoxy) is 3. The Kier molecular flexibility index (Phi) is 9.31. The minimum Gasteiger partial charge on any atom is -0.490 e. The normalized spacial score (nSPS) is 10.7. The second kappa shape index (κ2) is 13.3. The highest BCUT2D eigenvalue weighted by atomic mass is 19.1. The summed E-state index contributed by atoms with van der Waals surface area (Å²) in [5.41, 5.74) is -0.165. The third-order valence-corrected chi connectivity index (χ3v) is 5.63. The number of nitrogens with one attached hydrogen (secondary N) is 2. The molecule has 0 fully saturated rings. The Morgan fingerprint density at radius 1 is 1.05 bits per heavy atom. The van der Waals surface area contributed by atoms with Crippen LogP contribution in [-0.2, 0) is 11.2 Å². The molecule has 4 rings (SSSR count). The minimum absolute atomic E-state index is 0.0105. The molecule has 2 N–H and O–H groups in total. The second-order valence-corrected chi connectivity index (χ2v) is 8.31. The first-order valence-corrected chi connectivity index (χ1v) is 12.3. The summed E-state index contributed by atoms with van der Waals surface area (Å²) in [6.07, 6.45) is 4.34. The van der Waals surface area contributed by atoms with Crippen molar-refractivity contribution in [3.05, 3.63) is 106 Å². The third-order valence-electron chi connectivity index (χ3n) is 5.63. The van der Waals surface area contributed by atoms with Crippen LogP contribution in [0.15, 0.2) is 77.9 Å². The Labute approximate surface area is 228 Å². The number of aromatic nitrogens is 2. The molecule has 0 spiro atoms. The van der Waals surface area contributed by atoms with Crippen LogP contribution in [0.3, 0.4) is 0 Å². The van der Waals surface area contributed by atoms with Crippen molar-refractivity contribution >= 4 is 17.8 Å². The Hall–Kier alpha value is -4.90. The summed E-state index contributed by atoms with van der Waals surface area (Å²) in [6.45, 7) is 2.62. The van der Waals surface area contributed by atoms with Gasteiger partial charge in [0.25, 0.3) is 11.5 Å². The monoisotopic (exact) mass is 548 g/mol. The molecule has 0 atom stereocenters. The van der Waals surface area contributed by atoms with Gasteiger partial charge in [-0.2, -0.15) is 0 Å². The predicted molar refractivity (Wildman–Crippen MR) is 145 cm³/mol. The van der Waals surface area contributed by atoms with Crippen molar-refractivity contribution in [2.24, 2.45) is 0 Å². The molecule has 0 saturated carbocycles. The van der Waals surface area contributed by atoms with Crippen LogP contribution in [0, 0.1) is 17.0 Å². The Morgan fingerprint density at radius 2 is 1.85 bits per heavy atom. The first-order chi connectivity index (χ1) is 19.4. The van der Waals surface area contributed by atoms with Crippen molar-refractivity contribution in [1.29, 1.82) is 5.41 Å². The van der Waals surface area contributed by atoms with E-state index in [1.807, 2.05) is 6.92 Å². The van der Waals surface area contributed by atoms with E-state index in [0.29, 0.717) is 23.7 Å². The number of hydrogen-bond donors (Lipinski definition) is 2. The molecule has 4 aromatic rings. The number of amides is 1. The number of nitrogens with zero attached hydrogens (tertiary/aromatic N) is 2. The van der Waals surface area contributed by atoms with Crippen molar-refractivity contribution < 1.29 is 27.8 Å². The van der Waals surface area contributed by atoms with Gasteiger partial charge in [-0.3, -0.25) is 19.1 Å². The van der Waals surface area contributed by atoms with E-state index in [2.05, 4.69) is 10.3 Å². The summed E-state index contributed by atoms with van der Waals surface area (Å²) in [5.74, 6) is -1.89. The minimum atomic E-state index is -0.832. The molecule has 9 nitrogen and oxygen atoms in total. The van der Waals surface area contributed by atoms with Gasteiger partial charge in [0.05, 0.1) is 12.3 Å². The van der Waals surface area contributed by atoms with Crippen molar-refractivity contribution in [3.63, 3.8) is 0 Å². The molecule has 40 heavy (non-hydrogen) atoms. The van der Waals surface area contributed by atoms with Crippen LogP contribution in [0.2, 0.25) is 0 Å². The van der Waals surface area contributed by atoms with Gasteiger partial charge in [-0.05, 0) is 61.5 Å². The van der Waals surface area contributed by atoms with Crippen LogP contribution in [0.4, 0.5) is 14.5 Å². The molecule has 0 aliphatic carbocycles. The van der Waals surface area contributed by atoms with Crippen molar-refractivity contribution in [2.45, 2.75) is 13.3 Å². The maximum atomic E-state index is 14.9. The van der Waals surface area contributed by atoms with Crippen LogP contribution in [0.25, 0.3) is 5.69 Å². The molecule has 0 radical (unpaired) electrons. The van der Waals surface area contributed by atoms with Gasteiger partial charge in [-0.15, -0.1) is 0 Å². The van der Waals surface area contributed by atoms with E-state index in [-0.39, 0.29) is 42.4 Å². The molecule has 2 heterocycles. The van der Waals surface area contributed by atoms with Crippen molar-refractivity contribution in [1.82, 2.24) is 9.55 Å². The van der Waals surface area contributed by atoms with E-state index in [1.54, 1.807) is 18.3 Å². The highest BCUT2D eigenvalue weighted by Gasteiger charge is 2.21. The summed E-state index contributed by atoms with van der Waals surface area (Å²) in [7, 11) is 0. The number of halogens is 2. The summed E-state index contributed by atoms with van der Waals surface area (Å²) < 4.78 is 46.1. The van der Waals surface area contributed by atoms with Crippen molar-refractivity contribution in [2.75, 3.05) is 25.1 Å². The summed E-state index contributed by atoms with van der Waals surface area (Å²) in [5, 5.41) is 9.82. The maximum absolute atomic E-state index is 14.9. The average molecular weight is 549 g/mol. The summed E-state index contributed by atoms with van der Waals surface area (Å²) in [4.78, 5) is 30.8. The standard InChI is InChI=1S/C29H26F2N4O5/c1-2-38-16-17-39-26-12-15-35(21-8-5-19(30)6-9-21)29(37)27(26)28(36)34-20-7-10-24(22(31)18-20)40-25-4-3-14-33-23(25)11-13-32/h3-10,12-15,18,32H,2,11,16-17H2,1H3,(H,34,36). The number of carbonyl (C=O) groups is 1. The van der Waals surface area contributed by atoms with Gasteiger partial charge < -0.3 is 24.9 Å². The zero-order chi connectivity index (χ0) is 28.5. The fraction of sp³-hybridized carbons (Fsp3) is 0.172. The number of rotatable bonds is 12. The smallest absolute Gasteiger partial charge is 0.271 e. The summed E-state index contributed by atoms with van der Waals surface area (Å²) in [6, 6.07) is 13.7. The fourth-order valence-electron chi connectivity index (χ4n) is 3.75. The molecule has 2 aromatic carbocycles. The molecule has 2 aromatic heterocycles. The van der Waals surface area contributed by atoms with Gasteiger partial charge in [0.1, 0.15) is 29.5 Å². The molecule has 206 valence electrons. The van der Waals surface area contributed by atoms with Gasteiger partial charge in [0.15, 0.2) is 11.6 Å². The first-order valence-electron chi connectivity index (χ1n) is 12.3. The highest BCUT2D eigenvalue weighted by Crippen LogP contribution is 2.29. The molecule has 0 unspecified atom stereocenters. The van der Waals surface area contributed by atoms with E-state index in [0.717, 1.165) is 12.3 Å². The van der Waals surface area contributed by atoms with Gasteiger partial charge in [-0.25, -0.2) is 8.78 Å². The zero-order valence-corrected chi connectivity index (χ0v) is 21.5. The van der Waals surface area contributed by atoms with E-state index in [4.69, 9.17) is 19.6 Å². The molecular formula is C29H26F2N4O5. The van der Waals surface area contributed by atoms with E-state index < -0.39 is 23.1 Å². The molecular weight excluding hydrogens is 522 g/mol. The topological polar surface area (TPSA) is 116 Å². The number of benzene rings is 2. The Bertz CT molecular complexity index is 1560. The Morgan fingerprint density at radius 3 is 2.58 bits per heavy atom. The van der Waals surface area contributed by atoms with E-state index in [9.17, 15) is 18.4 Å². The van der Waals surface area contributed by atoms with E-state index in [1.165, 1.54) is 53.2 Å². The average Bonchev–Trinajstić information content (AvgIpc) is 2.94. The lowest BCUT2D eigenvalue weighted by Crippen LogP contribution is -2.29. The lowest BCUT2D eigenvalue weighted by atomic mass is 10.2. The molecule has 0 saturated heterocycles. The third kappa shape index (κ3) is 6.75. The zero-order valence-electron chi connectivity index (χ0n) is 21.5. The number of carbonyl (C=O) groups excluding carboxylic acids is 1. The highest BCUT2D eigenvalue weighted by molar-refractivity contribution is 6.06. The Balaban J connectivity index is 1.61. The fourth-order valence-corrected chi connectivity index (χ4v) is 3.75. The van der Waals surface area contributed by atoms with Crippen LogP contribution in [0.1, 0.15) is 23.0 Å². The lowest BCUT2D eigenvalue weighted by Gasteiger charge is -2.15. The number of pyridine rings is 2. The summed E-state index contributed by atoms with van der Waals surface area (Å²) >= 11 is 0. The predicted octanol–water partition coefficient (Wildman–Crippen LogP) is 5.16. The van der Waals surface area contributed by atoms with Crippen LogP contribution >= 0.6 is 0 Å². The molecule has 0 bridgehead atoms. The molecule has 0 aliphatic heterocycles. The largest absolute Gasteiger partial charge is 0.490 e. The quantitative estimate of drug-likeness (QED) is 0.187. The molecule has 11 heteroatoms. The van der Waals surface area contributed by atoms with Crippen LogP contribution in [-0.4, -0.2) is 41.5 Å². The first kappa shape index (κ1) is 28.1. The maximum Gasteiger partial charge on any atom is 0.271 e. The van der Waals surface area contributed by atoms with Crippen LogP contribution in [0.5, 0.6) is 17.2 Å². The van der Waals surface area contributed by atoms with Gasteiger partial charge in [-0.1, -0.05) is 0 Å². The van der Waals surface area contributed by atoms with E-state index >= 15 is 0 Å². The number of hydrogen-bond acceptors (Lipinski definition) is 7. The molecule has 0 aliphatic rings.